The van der Waals surface area contributed by atoms with Gasteiger partial charge in [-0.15, -0.1) is 0 Å². The Bertz CT molecular complexity index is 2990. The van der Waals surface area contributed by atoms with E-state index in [9.17, 15) is 0 Å². The molecule has 10 aromatic rings. The van der Waals surface area contributed by atoms with Crippen LogP contribution in [-0.4, -0.2) is 12.6 Å². The molecule has 0 bridgehead atoms. The summed E-state index contributed by atoms with van der Waals surface area (Å²) in [6, 6.07) is 75.1. The molecule has 9 aromatic carbocycles. The maximum absolute atomic E-state index is 3.00. The molecule has 0 spiro atoms. The summed E-state index contributed by atoms with van der Waals surface area (Å²) in [5, 5.41) is 13.5. The van der Waals surface area contributed by atoms with E-state index in [0.717, 1.165) is 0 Å². The summed E-state index contributed by atoms with van der Waals surface area (Å²) in [5.41, 5.74) is 6.25. The molecule has 248 valence electrons. The summed E-state index contributed by atoms with van der Waals surface area (Å²) in [6.45, 7) is 0. The van der Waals surface area contributed by atoms with Crippen molar-refractivity contribution in [2.24, 2.45) is 0 Å². The van der Waals surface area contributed by atoms with E-state index < -0.39 is 8.07 Å². The van der Waals surface area contributed by atoms with Gasteiger partial charge in [0, 0.05) is 26.3 Å². The van der Waals surface area contributed by atoms with Gasteiger partial charge in [-0.2, -0.15) is 0 Å². The van der Waals surface area contributed by atoms with Crippen LogP contribution in [0.25, 0.3) is 60.2 Å². The van der Waals surface area contributed by atoms with Gasteiger partial charge in [0.1, 0.15) is 0 Å². The van der Waals surface area contributed by atoms with Crippen LogP contribution in [0.4, 0.5) is 0 Å². The van der Waals surface area contributed by atoms with Crippen LogP contribution in [0, 0.1) is 0 Å². The zero-order chi connectivity index (χ0) is 34.9. The minimum atomic E-state index is -3.00. The van der Waals surface area contributed by atoms with Crippen LogP contribution in [0.15, 0.2) is 210 Å². The second kappa shape index (κ2) is 12.0. The lowest BCUT2D eigenvalue weighted by atomic mass is 9.98. The fourth-order valence-electron chi connectivity index (χ4n) is 9.15. The molecule has 53 heavy (non-hydrogen) atoms. The van der Waals surface area contributed by atoms with Gasteiger partial charge in [-0.25, -0.2) is 0 Å². The predicted octanol–water partition coefficient (Wildman–Crippen LogP) is 10.6. The topological polar surface area (TPSA) is 4.93 Å². The van der Waals surface area contributed by atoms with Gasteiger partial charge in [0.05, 0.1) is 11.0 Å². The molecule has 1 nitrogen and oxygen atoms in total. The summed E-state index contributed by atoms with van der Waals surface area (Å²) in [5.74, 6) is 0. The zero-order valence-corrected chi connectivity index (χ0v) is 30.7. The normalized spacial score (nSPS) is 15.2. The molecule has 0 radical (unpaired) electrons. The number of aromatic nitrogens is 1. The van der Waals surface area contributed by atoms with Gasteiger partial charge >= 0.3 is 0 Å². The zero-order valence-electron chi connectivity index (χ0n) is 28.9. The van der Waals surface area contributed by atoms with E-state index in [1.807, 2.05) is 11.8 Å². The highest BCUT2D eigenvalue weighted by Gasteiger charge is 2.49. The molecule has 1 aliphatic heterocycles. The van der Waals surface area contributed by atoms with Crippen molar-refractivity contribution in [1.29, 1.82) is 0 Å². The van der Waals surface area contributed by atoms with Gasteiger partial charge in [-0.3, -0.25) is 0 Å². The largest absolute Gasteiger partial charge is 0.309 e. The molecule has 2 heterocycles. The molecule has 0 saturated heterocycles. The lowest BCUT2D eigenvalue weighted by Gasteiger charge is -2.42. The number of rotatable bonds is 4. The molecule has 0 saturated carbocycles. The first-order valence-electron chi connectivity index (χ1n) is 18.3. The first-order valence-corrected chi connectivity index (χ1v) is 21.1. The van der Waals surface area contributed by atoms with Crippen molar-refractivity contribution in [1.82, 2.24) is 4.57 Å². The van der Waals surface area contributed by atoms with Crippen molar-refractivity contribution in [3.05, 3.63) is 200 Å². The van der Waals surface area contributed by atoms with Crippen molar-refractivity contribution in [3.8, 4) is 16.8 Å². The van der Waals surface area contributed by atoms with Crippen molar-refractivity contribution >= 4 is 83.9 Å². The van der Waals surface area contributed by atoms with Gasteiger partial charge in [-0.05, 0) is 89.8 Å². The Morgan fingerprint density at radius 3 is 1.62 bits per heavy atom. The number of hydrogen-bond acceptors (Lipinski definition) is 1. The van der Waals surface area contributed by atoms with E-state index >= 15 is 0 Å². The molecular formula is C50H33NSSi. The predicted molar refractivity (Wildman–Crippen MR) is 229 cm³/mol. The quantitative estimate of drug-likeness (QED) is 0.165. The molecule has 3 heteroatoms. The second-order valence-corrected chi connectivity index (χ2v) is 18.7. The van der Waals surface area contributed by atoms with Crippen molar-refractivity contribution in [3.63, 3.8) is 0 Å². The fourth-order valence-corrected chi connectivity index (χ4v) is 16.6. The second-order valence-electron chi connectivity index (χ2n) is 14.0. The minimum absolute atomic E-state index is 1.18. The molecule has 0 aliphatic carbocycles. The number of hydrogen-bond donors (Lipinski definition) is 0. The van der Waals surface area contributed by atoms with Gasteiger partial charge in [0.2, 0.25) is 0 Å². The SMILES string of the molecule is c1ccc2c(c1)Sc1cccc(-c3cccc4ccccc34)c1[Si]2(c1ccc(-n2c3ccccc3c3ccccc32)cc1)c1cccc2ccccc12. The Kier molecular flexibility index (Phi) is 6.88. The Hall–Kier alpha value is -6.13. The van der Waals surface area contributed by atoms with Gasteiger partial charge in [0.25, 0.3) is 0 Å². The van der Waals surface area contributed by atoms with Crippen LogP contribution >= 0.6 is 11.8 Å². The monoisotopic (exact) mass is 707 g/mol. The van der Waals surface area contributed by atoms with Gasteiger partial charge < -0.3 is 4.57 Å². The van der Waals surface area contributed by atoms with Gasteiger partial charge in [0.15, 0.2) is 8.07 Å². The summed E-state index contributed by atoms with van der Waals surface area (Å²) in [6.07, 6.45) is 0. The average molecular weight is 708 g/mol. The van der Waals surface area contributed by atoms with Crippen LogP contribution in [0.1, 0.15) is 0 Å². The Morgan fingerprint density at radius 1 is 0.358 bits per heavy atom. The molecule has 11 rings (SSSR count). The molecule has 1 atom stereocenters. The standard InChI is InChI=1S/C50H33NSSi/c1-3-18-38-34(14-1)16-11-22-40(38)43-23-13-27-47-50(43)53(49-28-10-9-26-46(49)52-47,48-29-12-17-35-15-2-4-19-39(35)48)37-32-30-36(31-33-37)51-44-24-7-5-20-41(44)42-21-6-8-25-45(42)51/h1-33H. The third-order valence-corrected chi connectivity index (χ3v) is 17.8. The van der Waals surface area contributed by atoms with Crippen LogP contribution in [-0.2, 0) is 0 Å². The summed E-state index contributed by atoms with van der Waals surface area (Å²) < 4.78 is 2.43. The number of nitrogens with zero attached hydrogens (tertiary/aromatic N) is 1. The van der Waals surface area contributed by atoms with E-state index in [-0.39, 0.29) is 0 Å². The average Bonchev–Trinajstić information content (AvgIpc) is 3.57. The highest BCUT2D eigenvalue weighted by atomic mass is 32.2. The summed E-state index contributed by atoms with van der Waals surface area (Å²) in [4.78, 5) is 2.70. The highest BCUT2D eigenvalue weighted by Crippen LogP contribution is 2.39. The van der Waals surface area contributed by atoms with E-state index in [1.165, 1.54) is 90.7 Å². The Morgan fingerprint density at radius 2 is 0.868 bits per heavy atom. The lowest BCUT2D eigenvalue weighted by molar-refractivity contribution is 1.18. The molecule has 0 fully saturated rings. The van der Waals surface area contributed by atoms with Crippen LogP contribution < -0.4 is 20.7 Å². The Balaban J connectivity index is 1.27. The number of para-hydroxylation sites is 2. The molecule has 0 N–H and O–H groups in total. The number of benzene rings is 9. The van der Waals surface area contributed by atoms with Crippen LogP contribution in [0.5, 0.6) is 0 Å². The highest BCUT2D eigenvalue weighted by molar-refractivity contribution is 8.00. The molecule has 1 aliphatic rings. The maximum atomic E-state index is 2.46. The van der Waals surface area contributed by atoms with E-state index in [1.54, 1.807) is 0 Å². The van der Waals surface area contributed by atoms with Crippen LogP contribution in [0.2, 0.25) is 0 Å². The third-order valence-electron chi connectivity index (χ3n) is 11.3. The molecule has 0 amide bonds. The van der Waals surface area contributed by atoms with E-state index in [0.29, 0.717) is 0 Å². The first-order chi connectivity index (χ1) is 26.3. The number of fused-ring (bicyclic) bond motifs is 7. The Labute approximate surface area is 313 Å². The third kappa shape index (κ3) is 4.45. The van der Waals surface area contributed by atoms with E-state index in [4.69, 9.17) is 0 Å². The van der Waals surface area contributed by atoms with Crippen molar-refractivity contribution in [2.45, 2.75) is 9.79 Å². The molecular weight excluding hydrogens is 675 g/mol. The van der Waals surface area contributed by atoms with Crippen molar-refractivity contribution < 1.29 is 0 Å². The first kappa shape index (κ1) is 30.5. The maximum Gasteiger partial charge on any atom is 0.183 e. The van der Waals surface area contributed by atoms with Crippen molar-refractivity contribution in [2.75, 3.05) is 0 Å². The molecule has 1 unspecified atom stereocenters. The fraction of sp³-hybridized carbons (Fsp3) is 0. The summed E-state index contributed by atoms with van der Waals surface area (Å²) >= 11 is 1.93. The summed E-state index contributed by atoms with van der Waals surface area (Å²) in [7, 11) is -3.00. The molecule has 1 aromatic heterocycles. The van der Waals surface area contributed by atoms with Gasteiger partial charge in [-0.1, -0.05) is 176 Å². The lowest BCUT2D eigenvalue weighted by Crippen LogP contribution is -2.77. The van der Waals surface area contributed by atoms with E-state index in [2.05, 4.69) is 205 Å². The van der Waals surface area contributed by atoms with Crippen LogP contribution in [0.3, 0.4) is 0 Å². The minimum Gasteiger partial charge on any atom is -0.309 e. The smallest absolute Gasteiger partial charge is 0.183 e.